The molecule has 90 valence electrons. The van der Waals surface area contributed by atoms with Crippen LogP contribution < -0.4 is 0 Å². The van der Waals surface area contributed by atoms with E-state index in [0.717, 1.165) is 12.6 Å². The van der Waals surface area contributed by atoms with Gasteiger partial charge in [0.25, 0.3) is 0 Å². The summed E-state index contributed by atoms with van der Waals surface area (Å²) in [5.41, 5.74) is 0. The van der Waals surface area contributed by atoms with E-state index < -0.39 is 0 Å². The summed E-state index contributed by atoms with van der Waals surface area (Å²) in [6, 6.07) is 5.16. The highest BCUT2D eigenvalue weighted by molar-refractivity contribution is 9.11. The Morgan fingerprint density at radius 2 is 2.06 bits per heavy atom. The van der Waals surface area contributed by atoms with Gasteiger partial charge in [-0.2, -0.15) is 0 Å². The van der Waals surface area contributed by atoms with E-state index in [4.69, 9.17) is 0 Å². The first kappa shape index (κ1) is 12.6. The largest absolute Gasteiger partial charge is 0.306 e. The van der Waals surface area contributed by atoms with E-state index in [0.29, 0.717) is 0 Å². The summed E-state index contributed by atoms with van der Waals surface area (Å²) < 4.78 is 1.24. The Balaban J connectivity index is 1.81. The number of piperidine rings is 1. The highest BCUT2D eigenvalue weighted by Gasteiger charge is 2.20. The second-order valence-electron chi connectivity index (χ2n) is 4.68. The van der Waals surface area contributed by atoms with Gasteiger partial charge in [0.05, 0.1) is 3.79 Å². The third kappa shape index (κ3) is 3.29. The van der Waals surface area contributed by atoms with Crippen LogP contribution in [0, 0.1) is 0 Å². The fourth-order valence-corrected chi connectivity index (χ4v) is 3.78. The van der Waals surface area contributed by atoms with Crippen molar-refractivity contribution in [2.75, 3.05) is 27.2 Å². The van der Waals surface area contributed by atoms with Crippen molar-refractivity contribution in [3.8, 4) is 0 Å². The van der Waals surface area contributed by atoms with Crippen LogP contribution in [-0.4, -0.2) is 43.0 Å². The van der Waals surface area contributed by atoms with Crippen LogP contribution in [0.25, 0.3) is 0 Å². The van der Waals surface area contributed by atoms with E-state index >= 15 is 0 Å². The first-order valence-corrected chi connectivity index (χ1v) is 7.39. The molecule has 2 heterocycles. The molecule has 16 heavy (non-hydrogen) atoms. The molecule has 2 rings (SSSR count). The van der Waals surface area contributed by atoms with Gasteiger partial charge in [-0.25, -0.2) is 0 Å². The molecule has 0 unspecified atom stereocenters. The number of thiophene rings is 1. The van der Waals surface area contributed by atoms with Crippen LogP contribution >= 0.6 is 27.3 Å². The Kier molecular flexibility index (Phi) is 4.41. The molecule has 0 N–H and O–H groups in total. The van der Waals surface area contributed by atoms with Crippen LogP contribution in [-0.2, 0) is 6.54 Å². The van der Waals surface area contributed by atoms with Crippen molar-refractivity contribution in [1.29, 1.82) is 0 Å². The van der Waals surface area contributed by atoms with Crippen molar-refractivity contribution in [2.45, 2.75) is 25.4 Å². The Morgan fingerprint density at radius 3 is 2.56 bits per heavy atom. The molecule has 0 bridgehead atoms. The molecule has 1 aromatic heterocycles. The monoisotopic (exact) mass is 302 g/mol. The lowest BCUT2D eigenvalue weighted by Gasteiger charge is -2.34. The molecule has 0 amide bonds. The highest BCUT2D eigenvalue weighted by Crippen LogP contribution is 2.24. The van der Waals surface area contributed by atoms with Crippen LogP contribution in [0.15, 0.2) is 15.9 Å². The molecule has 1 fully saturated rings. The van der Waals surface area contributed by atoms with Crippen molar-refractivity contribution in [3.05, 3.63) is 20.8 Å². The number of nitrogens with zero attached hydrogens (tertiary/aromatic N) is 2. The SMILES string of the molecule is CN(C)C1CCN(Cc2ccc(Br)s2)CC1. The molecule has 0 spiro atoms. The van der Waals surface area contributed by atoms with Gasteiger partial charge in [-0.3, -0.25) is 4.90 Å². The molecule has 0 saturated carbocycles. The fourth-order valence-electron chi connectivity index (χ4n) is 2.25. The molecule has 1 saturated heterocycles. The van der Waals surface area contributed by atoms with Crippen molar-refractivity contribution in [1.82, 2.24) is 9.80 Å². The normalized spacial score (nSPS) is 19.5. The van der Waals surface area contributed by atoms with Crippen molar-refractivity contribution in [2.24, 2.45) is 0 Å². The summed E-state index contributed by atoms with van der Waals surface area (Å²) in [6.07, 6.45) is 2.61. The number of halogens is 1. The van der Waals surface area contributed by atoms with Crippen LogP contribution in [0.4, 0.5) is 0 Å². The molecule has 0 aromatic carbocycles. The minimum Gasteiger partial charge on any atom is -0.306 e. The predicted molar refractivity (Wildman–Crippen MR) is 74.0 cm³/mol. The zero-order valence-corrected chi connectivity index (χ0v) is 12.4. The summed E-state index contributed by atoms with van der Waals surface area (Å²) in [6.45, 7) is 3.59. The second-order valence-corrected chi connectivity index (χ2v) is 7.22. The minimum atomic E-state index is 0.784. The topological polar surface area (TPSA) is 6.48 Å². The lowest BCUT2D eigenvalue weighted by atomic mass is 10.0. The van der Waals surface area contributed by atoms with Gasteiger partial charge in [-0.05, 0) is 55.0 Å². The third-order valence-corrected chi connectivity index (χ3v) is 4.90. The van der Waals surface area contributed by atoms with Gasteiger partial charge in [0.2, 0.25) is 0 Å². The van der Waals surface area contributed by atoms with Gasteiger partial charge in [0, 0.05) is 30.6 Å². The minimum absolute atomic E-state index is 0.784. The fraction of sp³-hybridized carbons (Fsp3) is 0.667. The van der Waals surface area contributed by atoms with Gasteiger partial charge in [0.15, 0.2) is 0 Å². The molecule has 2 nitrogen and oxygen atoms in total. The maximum atomic E-state index is 3.52. The first-order chi connectivity index (χ1) is 7.65. The third-order valence-electron chi connectivity index (χ3n) is 3.30. The highest BCUT2D eigenvalue weighted by atomic mass is 79.9. The summed E-state index contributed by atoms with van der Waals surface area (Å²) in [4.78, 5) is 6.40. The van der Waals surface area contributed by atoms with Gasteiger partial charge in [-0.15, -0.1) is 11.3 Å². The van der Waals surface area contributed by atoms with E-state index in [1.807, 2.05) is 11.3 Å². The maximum Gasteiger partial charge on any atom is 0.0701 e. The standard InChI is InChI=1S/C12H19BrN2S/c1-14(2)10-5-7-15(8-6-10)9-11-3-4-12(13)16-11/h3-4,10H,5-9H2,1-2H3. The quantitative estimate of drug-likeness (QED) is 0.847. The van der Waals surface area contributed by atoms with E-state index in [9.17, 15) is 0 Å². The van der Waals surface area contributed by atoms with Crippen LogP contribution in [0.5, 0.6) is 0 Å². The summed E-state index contributed by atoms with van der Waals surface area (Å²) in [5, 5.41) is 0. The summed E-state index contributed by atoms with van der Waals surface area (Å²) in [7, 11) is 4.38. The number of hydrogen-bond acceptors (Lipinski definition) is 3. The van der Waals surface area contributed by atoms with E-state index in [1.54, 1.807) is 0 Å². The summed E-state index contributed by atoms with van der Waals surface area (Å²) in [5.74, 6) is 0. The Labute approximate surface area is 110 Å². The number of hydrogen-bond donors (Lipinski definition) is 0. The van der Waals surface area contributed by atoms with Gasteiger partial charge in [0.1, 0.15) is 0 Å². The van der Waals surface area contributed by atoms with Gasteiger partial charge < -0.3 is 4.90 Å². The van der Waals surface area contributed by atoms with Crippen LogP contribution in [0.1, 0.15) is 17.7 Å². The first-order valence-electron chi connectivity index (χ1n) is 5.78. The Hall–Kier alpha value is 0.1000. The lowest BCUT2D eigenvalue weighted by Crippen LogP contribution is -2.41. The van der Waals surface area contributed by atoms with Crippen molar-refractivity contribution < 1.29 is 0 Å². The number of likely N-dealkylation sites (tertiary alicyclic amines) is 1. The average Bonchev–Trinajstić information content (AvgIpc) is 2.65. The Morgan fingerprint density at radius 1 is 1.38 bits per heavy atom. The lowest BCUT2D eigenvalue weighted by molar-refractivity contribution is 0.141. The van der Waals surface area contributed by atoms with E-state index in [2.05, 4.69) is 52.0 Å². The van der Waals surface area contributed by atoms with Gasteiger partial charge in [-0.1, -0.05) is 0 Å². The molecule has 0 aliphatic carbocycles. The zero-order valence-electron chi connectivity index (χ0n) is 9.95. The van der Waals surface area contributed by atoms with Crippen LogP contribution in [0.3, 0.4) is 0 Å². The Bertz CT molecular complexity index is 330. The predicted octanol–water partition coefficient (Wildman–Crippen LogP) is 3.04. The van der Waals surface area contributed by atoms with Crippen molar-refractivity contribution in [3.63, 3.8) is 0 Å². The molecule has 0 radical (unpaired) electrons. The van der Waals surface area contributed by atoms with E-state index in [-0.39, 0.29) is 0 Å². The molecule has 1 aromatic rings. The van der Waals surface area contributed by atoms with Crippen LogP contribution in [0.2, 0.25) is 0 Å². The summed E-state index contributed by atoms with van der Waals surface area (Å²) >= 11 is 5.37. The molecule has 1 aliphatic rings. The molecular formula is C12H19BrN2S. The molecule has 4 heteroatoms. The number of rotatable bonds is 3. The second kappa shape index (κ2) is 5.63. The average molecular weight is 303 g/mol. The molecular weight excluding hydrogens is 284 g/mol. The maximum absolute atomic E-state index is 3.52. The van der Waals surface area contributed by atoms with Crippen molar-refractivity contribution >= 4 is 27.3 Å². The molecule has 0 atom stereocenters. The zero-order chi connectivity index (χ0) is 11.5. The van der Waals surface area contributed by atoms with Gasteiger partial charge >= 0.3 is 0 Å². The van der Waals surface area contributed by atoms with E-state index in [1.165, 1.54) is 34.6 Å². The smallest absolute Gasteiger partial charge is 0.0701 e. The molecule has 1 aliphatic heterocycles.